The number of imidazole rings is 1. The summed E-state index contributed by atoms with van der Waals surface area (Å²) >= 11 is 0. The summed E-state index contributed by atoms with van der Waals surface area (Å²) in [6, 6.07) is 26.0. The fraction of sp³-hybridized carbons (Fsp3) is 0.389. The van der Waals surface area contributed by atoms with Gasteiger partial charge in [-0.2, -0.15) is 0 Å². The van der Waals surface area contributed by atoms with Crippen molar-refractivity contribution >= 4 is 44.2 Å². The monoisotopic (exact) mass is 643 g/mol. The van der Waals surface area contributed by atoms with Crippen LogP contribution in [0.3, 0.4) is 0 Å². The molecule has 0 saturated carbocycles. The van der Waals surface area contributed by atoms with Gasteiger partial charge in [0.15, 0.2) is 6.54 Å². The number of benzene rings is 4. The van der Waals surface area contributed by atoms with E-state index in [1.54, 1.807) is 0 Å². The molecule has 0 bridgehead atoms. The van der Waals surface area contributed by atoms with Crippen LogP contribution in [0.15, 0.2) is 72.8 Å². The number of halogens is 1. The molecule has 1 aromatic heterocycles. The molecule has 0 aliphatic heterocycles. The van der Waals surface area contributed by atoms with Crippen LogP contribution in [-0.2, 0) is 11.3 Å². The maximum absolute atomic E-state index is 12.7. The third-order valence-corrected chi connectivity index (χ3v) is 8.33. The molecule has 0 fully saturated rings. The molecule has 0 unspecified atom stereocenters. The maximum Gasteiger partial charge on any atom is 0.275 e. The van der Waals surface area contributed by atoms with Crippen LogP contribution in [0.2, 0.25) is 0 Å². The van der Waals surface area contributed by atoms with E-state index in [-0.39, 0.29) is 22.9 Å². The van der Waals surface area contributed by atoms with Crippen molar-refractivity contribution in [1.82, 2.24) is 14.9 Å². The zero-order valence-electron chi connectivity index (χ0n) is 26.4. The van der Waals surface area contributed by atoms with E-state index in [1.807, 2.05) is 0 Å². The van der Waals surface area contributed by atoms with Crippen LogP contribution in [0.1, 0.15) is 39.0 Å². The van der Waals surface area contributed by atoms with Crippen molar-refractivity contribution in [2.45, 2.75) is 45.6 Å². The minimum Gasteiger partial charge on any atom is -1.00 e. The van der Waals surface area contributed by atoms with Crippen LogP contribution in [0.25, 0.3) is 44.0 Å². The molecule has 0 atom stereocenters. The van der Waals surface area contributed by atoms with Gasteiger partial charge in [0, 0.05) is 55.6 Å². The minimum atomic E-state index is 0. The Hall–Kier alpha value is -3.42. The van der Waals surface area contributed by atoms with Crippen LogP contribution in [0.5, 0.6) is 0 Å². The van der Waals surface area contributed by atoms with Gasteiger partial charge in [0.2, 0.25) is 0 Å². The van der Waals surface area contributed by atoms with Gasteiger partial charge >= 0.3 is 0 Å². The second kappa shape index (κ2) is 14.4. The number of likely N-dealkylation sites (N-methyl/N-ethyl adjacent to an activating group) is 1. The topological polar surface area (TPSA) is 50.2 Å². The first-order chi connectivity index (χ1) is 20.3. The summed E-state index contributed by atoms with van der Waals surface area (Å²) in [7, 11) is 8.45. The average Bonchev–Trinajstić information content (AvgIpc) is 3.36. The SMILES string of the molecule is CCCCCCNC(=O)C[N+](C)(C)CCCn1c(-c2ccc(N(C)C)cc2)nc2c3ccccc3c3ccccc3c21.[Br-]. The van der Waals surface area contributed by atoms with E-state index in [2.05, 4.69) is 123 Å². The first-order valence-electron chi connectivity index (χ1n) is 15.4. The van der Waals surface area contributed by atoms with E-state index < -0.39 is 0 Å². The van der Waals surface area contributed by atoms with Crippen molar-refractivity contribution in [3.8, 4) is 11.4 Å². The number of unbranched alkanes of at least 4 members (excludes halogenated alkanes) is 3. The predicted molar refractivity (Wildman–Crippen MR) is 178 cm³/mol. The Morgan fingerprint density at radius 1 is 0.837 bits per heavy atom. The zero-order valence-corrected chi connectivity index (χ0v) is 28.0. The number of rotatable bonds is 13. The fourth-order valence-corrected chi connectivity index (χ4v) is 6.07. The summed E-state index contributed by atoms with van der Waals surface area (Å²) in [5.41, 5.74) is 4.51. The number of carbonyl (C=O) groups is 1. The van der Waals surface area contributed by atoms with Crippen LogP contribution < -0.4 is 27.2 Å². The number of aryl methyl sites for hydroxylation is 1. The van der Waals surface area contributed by atoms with Crippen LogP contribution in [-0.4, -0.2) is 67.8 Å². The van der Waals surface area contributed by atoms with Crippen molar-refractivity contribution in [3.05, 3.63) is 72.8 Å². The summed E-state index contributed by atoms with van der Waals surface area (Å²) in [6.45, 7) is 5.19. The number of amides is 1. The second-order valence-corrected chi connectivity index (χ2v) is 12.4. The maximum atomic E-state index is 12.7. The molecule has 43 heavy (non-hydrogen) atoms. The van der Waals surface area contributed by atoms with Gasteiger partial charge in [-0.25, -0.2) is 4.98 Å². The van der Waals surface area contributed by atoms with E-state index >= 15 is 0 Å². The Balaban J connectivity index is 0.00000423. The normalized spacial score (nSPS) is 11.7. The van der Waals surface area contributed by atoms with Gasteiger partial charge in [-0.15, -0.1) is 0 Å². The molecular weight excluding hydrogens is 598 g/mol. The zero-order chi connectivity index (χ0) is 29.7. The molecule has 0 aliphatic rings. The predicted octanol–water partition coefficient (Wildman–Crippen LogP) is 4.24. The second-order valence-electron chi connectivity index (χ2n) is 12.4. The average molecular weight is 645 g/mol. The summed E-state index contributed by atoms with van der Waals surface area (Å²) in [6.07, 6.45) is 5.61. The molecule has 228 valence electrons. The molecule has 0 spiro atoms. The molecule has 7 heteroatoms. The summed E-state index contributed by atoms with van der Waals surface area (Å²) < 4.78 is 3.08. The minimum absolute atomic E-state index is 0. The van der Waals surface area contributed by atoms with Gasteiger partial charge in [-0.05, 0) is 41.5 Å². The Kier molecular flexibility index (Phi) is 10.9. The highest BCUT2D eigenvalue weighted by atomic mass is 79.9. The molecule has 6 nitrogen and oxygen atoms in total. The molecule has 0 saturated heterocycles. The number of anilines is 1. The Morgan fingerprint density at radius 3 is 2.12 bits per heavy atom. The van der Waals surface area contributed by atoms with Crippen molar-refractivity contribution < 1.29 is 26.3 Å². The molecule has 1 N–H and O–H groups in total. The molecule has 4 aromatic carbocycles. The highest BCUT2D eigenvalue weighted by Crippen LogP contribution is 2.37. The summed E-state index contributed by atoms with van der Waals surface area (Å²) in [5, 5.41) is 8.03. The standard InChI is InChI=1S/C36H45N5O.BrH/c1-6-7-8-13-23-37-33(42)26-41(4,5)25-14-24-40-35-32-18-12-10-16-30(32)29-15-9-11-17-31(29)34(35)38-36(40)27-19-21-28(22-20-27)39(2)3;/h9-12,15-22H,6-8,13-14,23-26H2,1-5H3;1H. The number of nitrogens with zero attached hydrogens (tertiary/aromatic N) is 4. The third kappa shape index (κ3) is 7.39. The number of hydrogen-bond acceptors (Lipinski definition) is 3. The Labute approximate surface area is 267 Å². The molecule has 0 aliphatic carbocycles. The van der Waals surface area contributed by atoms with Gasteiger partial charge in [-0.1, -0.05) is 74.7 Å². The largest absolute Gasteiger partial charge is 1.00 e. The fourth-order valence-electron chi connectivity index (χ4n) is 6.07. The van der Waals surface area contributed by atoms with Gasteiger partial charge < -0.3 is 36.2 Å². The highest BCUT2D eigenvalue weighted by molar-refractivity contribution is 6.23. The van der Waals surface area contributed by atoms with Gasteiger partial charge in [0.1, 0.15) is 5.82 Å². The smallest absolute Gasteiger partial charge is 0.275 e. The van der Waals surface area contributed by atoms with Crippen LogP contribution in [0.4, 0.5) is 5.69 Å². The number of carbonyl (C=O) groups excluding carboxylic acids is 1. The number of nitrogens with one attached hydrogen (secondary N) is 1. The lowest BCUT2D eigenvalue weighted by atomic mass is 10.00. The number of quaternary nitrogens is 1. The van der Waals surface area contributed by atoms with Gasteiger partial charge in [0.25, 0.3) is 5.91 Å². The van der Waals surface area contributed by atoms with Gasteiger partial charge in [-0.3, -0.25) is 4.79 Å². The highest BCUT2D eigenvalue weighted by Gasteiger charge is 2.22. The summed E-state index contributed by atoms with van der Waals surface area (Å²) in [5.74, 6) is 1.13. The van der Waals surface area contributed by atoms with Crippen LogP contribution >= 0.6 is 0 Å². The number of hydrogen-bond donors (Lipinski definition) is 1. The van der Waals surface area contributed by atoms with Crippen LogP contribution in [0, 0.1) is 0 Å². The molecular formula is C36H46BrN5O. The van der Waals surface area contributed by atoms with Crippen molar-refractivity contribution in [3.63, 3.8) is 0 Å². The van der Waals surface area contributed by atoms with Gasteiger partial charge in [0.05, 0.1) is 31.7 Å². The summed E-state index contributed by atoms with van der Waals surface area (Å²) in [4.78, 5) is 20.2. The first kappa shape index (κ1) is 32.5. The van der Waals surface area contributed by atoms with Crippen molar-refractivity contribution in [1.29, 1.82) is 0 Å². The van der Waals surface area contributed by atoms with Crippen molar-refractivity contribution in [2.24, 2.45) is 0 Å². The van der Waals surface area contributed by atoms with E-state index in [1.165, 1.54) is 52.0 Å². The lowest BCUT2D eigenvalue weighted by molar-refractivity contribution is -0.882. The third-order valence-electron chi connectivity index (χ3n) is 8.33. The van der Waals surface area contributed by atoms with E-state index in [0.29, 0.717) is 11.0 Å². The first-order valence-corrected chi connectivity index (χ1v) is 15.4. The van der Waals surface area contributed by atoms with E-state index in [9.17, 15) is 4.79 Å². The lowest BCUT2D eigenvalue weighted by Crippen LogP contribution is -3.00. The quantitative estimate of drug-likeness (QED) is 0.119. The van der Waals surface area contributed by atoms with E-state index in [0.717, 1.165) is 49.4 Å². The Bertz CT molecular complexity index is 1670. The lowest BCUT2D eigenvalue weighted by Gasteiger charge is -2.29. The Morgan fingerprint density at radius 2 is 1.47 bits per heavy atom. The van der Waals surface area contributed by atoms with E-state index in [4.69, 9.17) is 4.98 Å². The van der Waals surface area contributed by atoms with Crippen molar-refractivity contribution in [2.75, 3.05) is 52.7 Å². The molecule has 1 heterocycles. The number of aromatic nitrogens is 2. The molecule has 5 rings (SSSR count). The molecule has 5 aromatic rings. The number of fused-ring (bicyclic) bond motifs is 6. The molecule has 1 amide bonds. The molecule has 0 radical (unpaired) electrons.